The number of rotatable bonds is 5. The van der Waals surface area contributed by atoms with Gasteiger partial charge in [0, 0.05) is 30.9 Å². The highest BCUT2D eigenvalue weighted by molar-refractivity contribution is 6.36. The molecule has 0 radical (unpaired) electrons. The second kappa shape index (κ2) is 6.77. The van der Waals surface area contributed by atoms with Crippen LogP contribution in [0.1, 0.15) is 11.1 Å². The van der Waals surface area contributed by atoms with E-state index in [-0.39, 0.29) is 23.7 Å². The van der Waals surface area contributed by atoms with Crippen molar-refractivity contribution in [1.29, 1.82) is 0 Å². The summed E-state index contributed by atoms with van der Waals surface area (Å²) in [6.45, 7) is 4.32. The van der Waals surface area contributed by atoms with E-state index in [1.165, 1.54) is 30.3 Å². The highest BCUT2D eigenvalue weighted by atomic mass is 16.6. The molecule has 2 heterocycles. The standard InChI is InChI=1S/C21H17N3O4/c1-2-12-23-20(25)18(15-7-9-16(10-8-15)24(27)28)19(21(23)26)22-13-11-14-5-3-4-6-17(14)22/h2-10H,1,11-13H2. The number of para-hydroxylation sites is 1. The molecule has 0 fully saturated rings. The van der Waals surface area contributed by atoms with E-state index in [1.54, 1.807) is 0 Å². The summed E-state index contributed by atoms with van der Waals surface area (Å²) in [6, 6.07) is 13.5. The van der Waals surface area contributed by atoms with Crippen LogP contribution in [0.15, 0.2) is 66.9 Å². The van der Waals surface area contributed by atoms with Gasteiger partial charge < -0.3 is 4.90 Å². The summed E-state index contributed by atoms with van der Waals surface area (Å²) in [7, 11) is 0. The number of hydrogen-bond acceptors (Lipinski definition) is 5. The molecule has 0 N–H and O–H groups in total. The van der Waals surface area contributed by atoms with Crippen molar-refractivity contribution in [3.05, 3.63) is 88.1 Å². The molecule has 0 saturated carbocycles. The first kappa shape index (κ1) is 17.7. The fourth-order valence-electron chi connectivity index (χ4n) is 3.69. The molecule has 7 nitrogen and oxygen atoms in total. The zero-order valence-corrected chi connectivity index (χ0v) is 15.0. The van der Waals surface area contributed by atoms with Gasteiger partial charge in [-0.25, -0.2) is 0 Å². The fourth-order valence-corrected chi connectivity index (χ4v) is 3.69. The minimum atomic E-state index is -0.499. The average Bonchev–Trinajstić information content (AvgIpc) is 3.22. The second-order valence-corrected chi connectivity index (χ2v) is 6.57. The number of imide groups is 1. The summed E-state index contributed by atoms with van der Waals surface area (Å²) >= 11 is 0. The van der Waals surface area contributed by atoms with Gasteiger partial charge >= 0.3 is 0 Å². The maximum Gasteiger partial charge on any atom is 0.278 e. The normalized spacial score (nSPS) is 16.0. The van der Waals surface area contributed by atoms with Crippen molar-refractivity contribution in [2.45, 2.75) is 6.42 Å². The van der Waals surface area contributed by atoms with Gasteiger partial charge in [0.05, 0.1) is 10.5 Å². The Bertz CT molecular complexity index is 1040. The third-order valence-corrected chi connectivity index (χ3v) is 4.98. The van der Waals surface area contributed by atoms with Gasteiger partial charge in [-0.1, -0.05) is 24.3 Å². The van der Waals surface area contributed by atoms with Crippen molar-refractivity contribution >= 4 is 28.8 Å². The number of nitro benzene ring substituents is 1. The molecule has 0 aromatic heterocycles. The number of fused-ring (bicyclic) bond motifs is 1. The molecule has 2 aromatic carbocycles. The van der Waals surface area contributed by atoms with Gasteiger partial charge in [0.1, 0.15) is 5.70 Å². The summed E-state index contributed by atoms with van der Waals surface area (Å²) in [5, 5.41) is 10.9. The fraction of sp³-hybridized carbons (Fsp3) is 0.143. The molecule has 2 aliphatic rings. The molecule has 0 spiro atoms. The highest BCUT2D eigenvalue weighted by Gasteiger charge is 2.42. The van der Waals surface area contributed by atoms with Gasteiger partial charge in [0.2, 0.25) is 0 Å². The van der Waals surface area contributed by atoms with E-state index in [0.717, 1.165) is 22.6 Å². The molecular formula is C21H17N3O4. The Morgan fingerprint density at radius 1 is 1.07 bits per heavy atom. The number of benzene rings is 2. The van der Waals surface area contributed by atoms with Crippen LogP contribution >= 0.6 is 0 Å². The van der Waals surface area contributed by atoms with Crippen LogP contribution in [0, 0.1) is 10.1 Å². The van der Waals surface area contributed by atoms with Crippen LogP contribution in [0.2, 0.25) is 0 Å². The minimum absolute atomic E-state index is 0.0721. The first-order valence-corrected chi connectivity index (χ1v) is 8.84. The van der Waals surface area contributed by atoms with Crippen molar-refractivity contribution in [3.63, 3.8) is 0 Å². The van der Waals surface area contributed by atoms with Crippen LogP contribution in [-0.2, 0) is 16.0 Å². The van der Waals surface area contributed by atoms with Crippen LogP contribution in [0.3, 0.4) is 0 Å². The molecule has 28 heavy (non-hydrogen) atoms. The number of non-ortho nitro benzene ring substituents is 1. The number of anilines is 1. The second-order valence-electron chi connectivity index (χ2n) is 6.57. The lowest BCUT2D eigenvalue weighted by Gasteiger charge is -2.21. The zero-order valence-electron chi connectivity index (χ0n) is 15.0. The Morgan fingerprint density at radius 3 is 2.46 bits per heavy atom. The van der Waals surface area contributed by atoms with Gasteiger partial charge in [0.25, 0.3) is 17.5 Å². The van der Waals surface area contributed by atoms with Crippen molar-refractivity contribution in [2.24, 2.45) is 0 Å². The summed E-state index contributed by atoms with van der Waals surface area (Å²) in [6.07, 6.45) is 2.28. The predicted octanol–water partition coefficient (Wildman–Crippen LogP) is 2.92. The largest absolute Gasteiger partial charge is 0.336 e. The van der Waals surface area contributed by atoms with Crippen LogP contribution in [0.5, 0.6) is 0 Å². The lowest BCUT2D eigenvalue weighted by atomic mass is 10.0. The summed E-state index contributed by atoms with van der Waals surface area (Å²) in [4.78, 5) is 39.6. The van der Waals surface area contributed by atoms with Gasteiger partial charge in [-0.2, -0.15) is 0 Å². The van der Waals surface area contributed by atoms with E-state index >= 15 is 0 Å². The third kappa shape index (κ3) is 2.68. The zero-order chi connectivity index (χ0) is 19.8. The number of hydrogen-bond donors (Lipinski definition) is 0. The first-order chi connectivity index (χ1) is 13.5. The van der Waals surface area contributed by atoms with E-state index in [9.17, 15) is 19.7 Å². The summed E-state index contributed by atoms with van der Waals surface area (Å²) in [5.74, 6) is -0.798. The Morgan fingerprint density at radius 2 is 1.79 bits per heavy atom. The molecule has 2 aromatic rings. The molecule has 140 valence electrons. The van der Waals surface area contributed by atoms with Gasteiger partial charge in [-0.05, 0) is 35.7 Å². The number of carbonyl (C=O) groups is 2. The van der Waals surface area contributed by atoms with E-state index in [0.29, 0.717) is 17.8 Å². The molecule has 0 saturated heterocycles. The number of carbonyl (C=O) groups excluding carboxylic acids is 2. The molecular weight excluding hydrogens is 358 g/mol. The number of nitro groups is 1. The number of amides is 2. The van der Waals surface area contributed by atoms with Gasteiger partial charge in [0.15, 0.2) is 0 Å². The molecule has 2 amide bonds. The predicted molar refractivity (Wildman–Crippen MR) is 104 cm³/mol. The smallest absolute Gasteiger partial charge is 0.278 e. The molecule has 0 aliphatic carbocycles. The maximum absolute atomic E-state index is 13.1. The van der Waals surface area contributed by atoms with Crippen molar-refractivity contribution < 1.29 is 14.5 Å². The monoisotopic (exact) mass is 375 g/mol. The van der Waals surface area contributed by atoms with E-state index in [1.807, 2.05) is 29.2 Å². The Labute approximate surface area is 161 Å². The molecule has 0 atom stereocenters. The minimum Gasteiger partial charge on any atom is -0.336 e. The van der Waals surface area contributed by atoms with E-state index < -0.39 is 10.8 Å². The Hall–Kier alpha value is -3.74. The van der Waals surface area contributed by atoms with Crippen LogP contribution < -0.4 is 4.90 Å². The average molecular weight is 375 g/mol. The molecule has 4 rings (SSSR count). The summed E-state index contributed by atoms with van der Waals surface area (Å²) in [5.41, 5.74) is 3.00. The molecule has 7 heteroatoms. The maximum atomic E-state index is 13.1. The van der Waals surface area contributed by atoms with Crippen LogP contribution in [0.4, 0.5) is 11.4 Å². The van der Waals surface area contributed by atoms with Gasteiger partial charge in [-0.3, -0.25) is 24.6 Å². The van der Waals surface area contributed by atoms with E-state index in [2.05, 4.69) is 6.58 Å². The van der Waals surface area contributed by atoms with Crippen molar-refractivity contribution in [2.75, 3.05) is 18.0 Å². The first-order valence-electron chi connectivity index (χ1n) is 8.84. The lowest BCUT2D eigenvalue weighted by Crippen LogP contribution is -2.34. The topological polar surface area (TPSA) is 83.8 Å². The van der Waals surface area contributed by atoms with E-state index in [4.69, 9.17) is 0 Å². The SMILES string of the molecule is C=CCN1C(=O)C(c2ccc([N+](=O)[O-])cc2)=C(N2CCc3ccccc32)C1=O. The quantitative estimate of drug-likeness (QED) is 0.347. The van der Waals surface area contributed by atoms with Gasteiger partial charge in [-0.15, -0.1) is 6.58 Å². The Kier molecular flexibility index (Phi) is 4.27. The molecule has 2 aliphatic heterocycles. The number of nitrogens with zero attached hydrogens (tertiary/aromatic N) is 3. The van der Waals surface area contributed by atoms with Crippen LogP contribution in [0.25, 0.3) is 5.57 Å². The molecule has 0 bridgehead atoms. The highest BCUT2D eigenvalue weighted by Crippen LogP contribution is 2.38. The van der Waals surface area contributed by atoms with Crippen molar-refractivity contribution in [1.82, 2.24) is 4.90 Å². The lowest BCUT2D eigenvalue weighted by molar-refractivity contribution is -0.384. The van der Waals surface area contributed by atoms with Crippen LogP contribution in [-0.4, -0.2) is 34.7 Å². The summed E-state index contributed by atoms with van der Waals surface area (Å²) < 4.78 is 0. The molecule has 0 unspecified atom stereocenters. The third-order valence-electron chi connectivity index (χ3n) is 4.98. The Balaban J connectivity index is 1.86. The van der Waals surface area contributed by atoms with Crippen molar-refractivity contribution in [3.8, 4) is 0 Å².